The molecule has 2 atom stereocenters. The standard InChI is InChI=1S/C12H13BrO4/c1-17-7-2-3-10(13)8(4-7)9-5-12(9,6-14)11(15)16/h2-4,9,14H,5-6H2,1H3,(H,15,16). The van der Waals surface area contributed by atoms with Gasteiger partial charge < -0.3 is 14.9 Å². The fourth-order valence-electron chi connectivity index (χ4n) is 2.11. The zero-order valence-corrected chi connectivity index (χ0v) is 10.9. The number of methoxy groups -OCH3 is 1. The number of aliphatic hydroxyl groups is 1. The molecule has 0 heterocycles. The number of carboxylic acid groups (broad SMARTS) is 1. The Kier molecular flexibility index (Phi) is 3.14. The van der Waals surface area contributed by atoms with Crippen molar-refractivity contribution in [2.45, 2.75) is 12.3 Å². The first kappa shape index (κ1) is 12.4. The molecule has 17 heavy (non-hydrogen) atoms. The number of ether oxygens (including phenoxy) is 1. The van der Waals surface area contributed by atoms with Gasteiger partial charge in [0.1, 0.15) is 5.75 Å². The van der Waals surface area contributed by atoms with Gasteiger partial charge in [-0.1, -0.05) is 15.9 Å². The molecule has 1 fully saturated rings. The zero-order valence-electron chi connectivity index (χ0n) is 9.31. The van der Waals surface area contributed by atoms with Gasteiger partial charge in [-0.15, -0.1) is 0 Å². The molecule has 0 bridgehead atoms. The van der Waals surface area contributed by atoms with E-state index in [2.05, 4.69) is 15.9 Å². The van der Waals surface area contributed by atoms with Crippen LogP contribution in [0.1, 0.15) is 17.9 Å². The molecule has 1 aliphatic rings. The normalized spacial score (nSPS) is 26.6. The van der Waals surface area contributed by atoms with E-state index < -0.39 is 11.4 Å². The summed E-state index contributed by atoms with van der Waals surface area (Å²) in [5.41, 5.74) is -0.143. The van der Waals surface area contributed by atoms with Crippen molar-refractivity contribution in [3.63, 3.8) is 0 Å². The van der Waals surface area contributed by atoms with Crippen molar-refractivity contribution in [2.24, 2.45) is 5.41 Å². The van der Waals surface area contributed by atoms with Gasteiger partial charge in [0.05, 0.1) is 19.1 Å². The Bertz CT molecular complexity index is 460. The summed E-state index contributed by atoms with van der Waals surface area (Å²) in [7, 11) is 1.57. The summed E-state index contributed by atoms with van der Waals surface area (Å²) >= 11 is 3.40. The van der Waals surface area contributed by atoms with Crippen molar-refractivity contribution in [1.82, 2.24) is 0 Å². The van der Waals surface area contributed by atoms with Crippen LogP contribution in [0.25, 0.3) is 0 Å². The van der Waals surface area contributed by atoms with Crippen LogP contribution in [0.4, 0.5) is 0 Å². The van der Waals surface area contributed by atoms with Crippen molar-refractivity contribution in [3.8, 4) is 5.75 Å². The summed E-state index contributed by atoms with van der Waals surface area (Å²) in [5.74, 6) is -0.415. The lowest BCUT2D eigenvalue weighted by atomic mass is 10.00. The maximum Gasteiger partial charge on any atom is 0.312 e. The first-order valence-electron chi connectivity index (χ1n) is 5.23. The largest absolute Gasteiger partial charge is 0.497 e. The van der Waals surface area contributed by atoms with E-state index in [9.17, 15) is 9.90 Å². The van der Waals surface area contributed by atoms with Crippen molar-refractivity contribution >= 4 is 21.9 Å². The molecule has 4 nitrogen and oxygen atoms in total. The van der Waals surface area contributed by atoms with Gasteiger partial charge in [-0.05, 0) is 30.2 Å². The fraction of sp³-hybridized carbons (Fsp3) is 0.417. The van der Waals surface area contributed by atoms with Gasteiger partial charge in [0.15, 0.2) is 0 Å². The molecule has 1 aromatic rings. The molecule has 2 N–H and O–H groups in total. The third-order valence-electron chi connectivity index (χ3n) is 3.36. The second kappa shape index (κ2) is 4.31. The summed E-state index contributed by atoms with van der Waals surface area (Å²) in [6.07, 6.45) is 0.463. The lowest BCUT2D eigenvalue weighted by Gasteiger charge is -2.11. The first-order valence-corrected chi connectivity index (χ1v) is 6.02. The van der Waals surface area contributed by atoms with E-state index >= 15 is 0 Å². The smallest absolute Gasteiger partial charge is 0.312 e. The van der Waals surface area contributed by atoms with Gasteiger partial charge in [-0.3, -0.25) is 4.79 Å². The second-order valence-electron chi connectivity index (χ2n) is 4.26. The topological polar surface area (TPSA) is 66.8 Å². The Labute approximate surface area is 107 Å². The Morgan fingerprint density at radius 2 is 2.35 bits per heavy atom. The maximum absolute atomic E-state index is 11.2. The highest BCUT2D eigenvalue weighted by atomic mass is 79.9. The number of aliphatic carboxylic acids is 1. The van der Waals surface area contributed by atoms with E-state index in [0.717, 1.165) is 10.0 Å². The quantitative estimate of drug-likeness (QED) is 0.893. The molecule has 0 amide bonds. The molecule has 92 valence electrons. The summed E-state index contributed by atoms with van der Waals surface area (Å²) in [5, 5.41) is 18.4. The lowest BCUT2D eigenvalue weighted by Crippen LogP contribution is -2.21. The van der Waals surface area contributed by atoms with Crippen molar-refractivity contribution in [2.75, 3.05) is 13.7 Å². The van der Waals surface area contributed by atoms with E-state index in [0.29, 0.717) is 12.2 Å². The molecule has 0 aliphatic heterocycles. The van der Waals surface area contributed by atoms with Crippen LogP contribution >= 0.6 is 15.9 Å². The molecule has 1 aromatic carbocycles. The van der Waals surface area contributed by atoms with Crippen LogP contribution < -0.4 is 4.74 Å². The van der Waals surface area contributed by atoms with Crippen LogP contribution in [0.5, 0.6) is 5.75 Å². The van der Waals surface area contributed by atoms with Gasteiger partial charge in [0, 0.05) is 10.4 Å². The predicted molar refractivity (Wildman–Crippen MR) is 65.2 cm³/mol. The second-order valence-corrected chi connectivity index (χ2v) is 5.12. The van der Waals surface area contributed by atoms with Crippen LogP contribution in [-0.2, 0) is 4.79 Å². The minimum absolute atomic E-state index is 0.158. The molecule has 1 saturated carbocycles. The van der Waals surface area contributed by atoms with Gasteiger partial charge in [-0.25, -0.2) is 0 Å². The molecule has 0 saturated heterocycles. The van der Waals surface area contributed by atoms with Crippen LogP contribution in [-0.4, -0.2) is 29.9 Å². The number of carboxylic acids is 1. The SMILES string of the molecule is COc1ccc(Br)c(C2CC2(CO)C(=O)O)c1. The number of aliphatic hydroxyl groups excluding tert-OH is 1. The van der Waals surface area contributed by atoms with E-state index in [4.69, 9.17) is 9.84 Å². The first-order chi connectivity index (χ1) is 8.05. The van der Waals surface area contributed by atoms with E-state index in [-0.39, 0.29) is 12.5 Å². The number of hydrogen-bond donors (Lipinski definition) is 2. The highest BCUT2D eigenvalue weighted by Gasteiger charge is 2.61. The van der Waals surface area contributed by atoms with Crippen molar-refractivity contribution < 1.29 is 19.7 Å². The molecule has 0 aromatic heterocycles. The minimum atomic E-state index is -1.02. The Balaban J connectivity index is 2.34. The van der Waals surface area contributed by atoms with Gasteiger partial charge >= 0.3 is 5.97 Å². The molecule has 0 radical (unpaired) electrons. The maximum atomic E-state index is 11.2. The Morgan fingerprint density at radius 3 is 2.82 bits per heavy atom. The Morgan fingerprint density at radius 1 is 1.65 bits per heavy atom. The number of carbonyl (C=O) groups is 1. The van der Waals surface area contributed by atoms with Crippen LogP contribution in [0.3, 0.4) is 0 Å². The third kappa shape index (κ3) is 1.93. The van der Waals surface area contributed by atoms with Crippen molar-refractivity contribution in [3.05, 3.63) is 28.2 Å². The molecule has 1 aliphatic carbocycles. The van der Waals surface area contributed by atoms with E-state index in [1.165, 1.54) is 0 Å². The molecular formula is C12H13BrO4. The molecule has 2 unspecified atom stereocenters. The summed E-state index contributed by atoms with van der Waals surface area (Å²) in [4.78, 5) is 11.2. The third-order valence-corrected chi connectivity index (χ3v) is 4.08. The number of rotatable bonds is 4. The summed E-state index contributed by atoms with van der Waals surface area (Å²) < 4.78 is 5.97. The van der Waals surface area contributed by atoms with Gasteiger partial charge in [0.25, 0.3) is 0 Å². The number of benzene rings is 1. The summed E-state index contributed by atoms with van der Waals surface area (Å²) in [6, 6.07) is 5.45. The minimum Gasteiger partial charge on any atom is -0.497 e. The number of hydrogen-bond acceptors (Lipinski definition) is 3. The molecule has 2 rings (SSSR count). The molecule has 5 heteroatoms. The van der Waals surface area contributed by atoms with E-state index in [1.54, 1.807) is 13.2 Å². The van der Waals surface area contributed by atoms with Gasteiger partial charge in [-0.2, -0.15) is 0 Å². The van der Waals surface area contributed by atoms with E-state index in [1.807, 2.05) is 12.1 Å². The fourth-order valence-corrected chi connectivity index (χ4v) is 2.63. The molecule has 0 spiro atoms. The Hall–Kier alpha value is -1.07. The van der Waals surface area contributed by atoms with Gasteiger partial charge in [0.2, 0.25) is 0 Å². The summed E-state index contributed by atoms with van der Waals surface area (Å²) in [6.45, 7) is -0.337. The van der Waals surface area contributed by atoms with Crippen molar-refractivity contribution in [1.29, 1.82) is 0 Å². The highest BCUT2D eigenvalue weighted by molar-refractivity contribution is 9.10. The van der Waals surface area contributed by atoms with Crippen LogP contribution in [0.2, 0.25) is 0 Å². The average Bonchev–Trinajstić information content (AvgIpc) is 3.05. The number of halogens is 1. The van der Waals surface area contributed by atoms with Crippen LogP contribution in [0, 0.1) is 5.41 Å². The monoisotopic (exact) mass is 300 g/mol. The average molecular weight is 301 g/mol. The zero-order chi connectivity index (χ0) is 12.6. The predicted octanol–water partition coefficient (Wildman–Crippen LogP) is 2.01. The highest BCUT2D eigenvalue weighted by Crippen LogP contribution is 2.60. The lowest BCUT2D eigenvalue weighted by molar-refractivity contribution is -0.145. The van der Waals surface area contributed by atoms with Crippen LogP contribution in [0.15, 0.2) is 22.7 Å². The molecular weight excluding hydrogens is 288 g/mol.